The number of hydrogen-bond donors (Lipinski definition) is 0. The summed E-state index contributed by atoms with van der Waals surface area (Å²) in [7, 11) is 0. The number of allylic oxidation sites excluding steroid dienone is 4. The molecule has 1 fully saturated rings. The Kier molecular flexibility index (Phi) is 7.41. The second kappa shape index (κ2) is 6.73. The van der Waals surface area contributed by atoms with Crippen molar-refractivity contribution in [3.8, 4) is 0 Å². The van der Waals surface area contributed by atoms with Gasteiger partial charge < -0.3 is 34.0 Å². The Morgan fingerprint density at radius 3 is 2.23 bits per heavy atom. The van der Waals surface area contributed by atoms with Gasteiger partial charge in [0.25, 0.3) is 0 Å². The Balaban J connectivity index is 0.000000720. The first-order chi connectivity index (χ1) is 5.38. The summed E-state index contributed by atoms with van der Waals surface area (Å²) in [5.74, 6) is 0.959. The van der Waals surface area contributed by atoms with Gasteiger partial charge in [-0.15, -0.1) is 0 Å². The first-order valence-corrected chi connectivity index (χ1v) is 6.29. The molecule has 71 valence electrons. The van der Waals surface area contributed by atoms with Crippen LogP contribution in [0, 0.1) is 5.92 Å². The van der Waals surface area contributed by atoms with Crippen LogP contribution in [-0.4, -0.2) is 0 Å². The van der Waals surface area contributed by atoms with Gasteiger partial charge in [-0.25, -0.2) is 0 Å². The summed E-state index contributed by atoms with van der Waals surface area (Å²) in [4.78, 5) is 0. The van der Waals surface area contributed by atoms with Gasteiger partial charge in [0.15, 0.2) is 0 Å². The molecule has 2 aliphatic rings. The predicted octanol–water partition coefficient (Wildman–Crippen LogP) is -3.05. The molecule has 0 aliphatic heterocycles. The molecule has 0 heterocycles. The van der Waals surface area contributed by atoms with Crippen molar-refractivity contribution < 1.29 is 58.3 Å². The summed E-state index contributed by atoms with van der Waals surface area (Å²) in [6.07, 6.45) is 11.9. The summed E-state index contributed by atoms with van der Waals surface area (Å²) >= 11 is 1.29. The molecule has 0 amide bonds. The van der Waals surface area contributed by atoms with Crippen LogP contribution in [0.3, 0.4) is 0 Å². The minimum absolute atomic E-state index is 0. The summed E-state index contributed by atoms with van der Waals surface area (Å²) < 4.78 is 1.76. The molecule has 2 aliphatic carbocycles. The Labute approximate surface area is 116 Å². The fourth-order valence-electron chi connectivity index (χ4n) is 2.14. The Morgan fingerprint density at radius 2 is 1.77 bits per heavy atom. The first-order valence-electron chi connectivity index (χ1n) is 4.49. The number of halogens is 2. The van der Waals surface area contributed by atoms with Crippen LogP contribution < -0.4 is 34.0 Å². The minimum atomic E-state index is 0. The van der Waals surface area contributed by atoms with Gasteiger partial charge in [0.2, 0.25) is 0 Å². The molecule has 0 atom stereocenters. The normalized spacial score (nSPS) is 21.7. The van der Waals surface area contributed by atoms with Gasteiger partial charge in [-0.1, -0.05) is 0 Å². The zero-order valence-electron chi connectivity index (χ0n) is 7.52. The average molecular weight is 472 g/mol. The van der Waals surface area contributed by atoms with E-state index in [1.807, 2.05) is 0 Å². The fraction of sp³-hybridized carbons (Fsp3) is 0.600. The van der Waals surface area contributed by atoms with Crippen LogP contribution in [0.4, 0.5) is 0 Å². The molecule has 0 nitrogen and oxygen atoms in total. The van der Waals surface area contributed by atoms with E-state index in [2.05, 4.69) is 12.2 Å². The van der Waals surface area contributed by atoms with Crippen LogP contribution in [-0.2, 0) is 24.4 Å². The van der Waals surface area contributed by atoms with Crippen molar-refractivity contribution in [2.45, 2.75) is 32.1 Å². The molecule has 0 aromatic carbocycles. The molecule has 0 aromatic rings. The van der Waals surface area contributed by atoms with E-state index in [-0.39, 0.29) is 34.0 Å². The van der Waals surface area contributed by atoms with E-state index in [1.54, 1.807) is 8.90 Å². The van der Waals surface area contributed by atoms with Crippen LogP contribution in [0.1, 0.15) is 32.1 Å². The zero-order valence-corrected chi connectivity index (χ0v) is 14.3. The van der Waals surface area contributed by atoms with E-state index in [4.69, 9.17) is 0 Å². The second-order valence-electron chi connectivity index (χ2n) is 3.52. The van der Waals surface area contributed by atoms with E-state index in [1.165, 1.54) is 56.5 Å². The predicted molar refractivity (Wildman–Crippen MR) is 42.7 cm³/mol. The van der Waals surface area contributed by atoms with Crippen molar-refractivity contribution in [2.24, 2.45) is 5.92 Å². The fourth-order valence-corrected chi connectivity index (χ4v) is 3.60. The molecular weight excluding hydrogens is 458 g/mol. The topological polar surface area (TPSA) is 0 Å². The quantitative estimate of drug-likeness (QED) is 0.357. The van der Waals surface area contributed by atoms with Gasteiger partial charge >= 0.3 is 83.5 Å². The average Bonchev–Trinajstić information content (AvgIpc) is 2.55. The SMILES string of the molecule is [Br-].[Br-].[Hf+2][C]1=C(C2CCCC2)C=CC1. The van der Waals surface area contributed by atoms with Crippen LogP contribution in [0.5, 0.6) is 0 Å². The molecule has 13 heavy (non-hydrogen) atoms. The molecular formula is C10H13Br2Hf. The third-order valence-electron chi connectivity index (χ3n) is 2.76. The molecule has 0 radical (unpaired) electrons. The van der Waals surface area contributed by atoms with Crippen LogP contribution in [0.25, 0.3) is 0 Å². The van der Waals surface area contributed by atoms with Crippen LogP contribution >= 0.6 is 0 Å². The Morgan fingerprint density at radius 1 is 1.15 bits per heavy atom. The molecule has 0 saturated heterocycles. The molecule has 2 rings (SSSR count). The standard InChI is InChI=1S/C10H13.2BrH.Hf/c1-2-6-9(5-1)10-7-3-4-8-10;;;/h1,5,10H,2-4,7-8H2;2*1H;/q;;;+2/p-2. The third kappa shape index (κ3) is 3.42. The molecule has 0 unspecified atom stereocenters. The summed E-state index contributed by atoms with van der Waals surface area (Å²) in [6, 6.07) is 0. The maximum absolute atomic E-state index is 2.39. The summed E-state index contributed by atoms with van der Waals surface area (Å²) in [5, 5.41) is 0. The van der Waals surface area contributed by atoms with Crippen molar-refractivity contribution in [1.29, 1.82) is 0 Å². The first kappa shape index (κ1) is 14.3. The van der Waals surface area contributed by atoms with Crippen molar-refractivity contribution in [3.05, 3.63) is 21.1 Å². The van der Waals surface area contributed by atoms with E-state index < -0.39 is 0 Å². The number of hydrogen-bond acceptors (Lipinski definition) is 0. The summed E-state index contributed by atoms with van der Waals surface area (Å²) in [5.41, 5.74) is 1.73. The van der Waals surface area contributed by atoms with E-state index in [0.29, 0.717) is 0 Å². The molecule has 3 heteroatoms. The Bertz CT molecular complexity index is 215. The number of rotatable bonds is 1. The van der Waals surface area contributed by atoms with E-state index in [9.17, 15) is 0 Å². The monoisotopic (exact) mass is 471 g/mol. The second-order valence-corrected chi connectivity index (χ2v) is 5.69. The Hall–Kier alpha value is 1.31. The van der Waals surface area contributed by atoms with Crippen molar-refractivity contribution in [3.63, 3.8) is 0 Å². The van der Waals surface area contributed by atoms with Crippen LogP contribution in [0.15, 0.2) is 21.1 Å². The van der Waals surface area contributed by atoms with Crippen molar-refractivity contribution in [1.82, 2.24) is 0 Å². The van der Waals surface area contributed by atoms with Gasteiger partial charge in [0, 0.05) is 0 Å². The zero-order chi connectivity index (χ0) is 7.68. The van der Waals surface area contributed by atoms with Crippen molar-refractivity contribution >= 4 is 0 Å². The van der Waals surface area contributed by atoms with E-state index >= 15 is 0 Å². The van der Waals surface area contributed by atoms with Gasteiger partial charge in [0.1, 0.15) is 0 Å². The van der Waals surface area contributed by atoms with Gasteiger partial charge in [0.05, 0.1) is 0 Å². The van der Waals surface area contributed by atoms with E-state index in [0.717, 1.165) is 5.92 Å². The van der Waals surface area contributed by atoms with Gasteiger partial charge in [-0.05, 0) is 0 Å². The maximum atomic E-state index is 2.39. The molecule has 0 N–H and O–H groups in total. The molecule has 1 saturated carbocycles. The van der Waals surface area contributed by atoms with Crippen LogP contribution in [0.2, 0.25) is 0 Å². The van der Waals surface area contributed by atoms with Gasteiger partial charge in [-0.2, -0.15) is 0 Å². The van der Waals surface area contributed by atoms with Gasteiger partial charge in [-0.3, -0.25) is 0 Å². The third-order valence-corrected chi connectivity index (χ3v) is 4.53. The van der Waals surface area contributed by atoms with Crippen molar-refractivity contribution in [2.75, 3.05) is 0 Å². The molecule has 0 bridgehead atoms. The molecule has 0 spiro atoms. The molecule has 0 aromatic heterocycles. The summed E-state index contributed by atoms with van der Waals surface area (Å²) in [6.45, 7) is 0.